The number of amides is 1. The van der Waals surface area contributed by atoms with Crippen LogP contribution >= 0.6 is 0 Å². The van der Waals surface area contributed by atoms with Gasteiger partial charge >= 0.3 is 0 Å². The molecule has 25 heavy (non-hydrogen) atoms. The van der Waals surface area contributed by atoms with Gasteiger partial charge in [-0.25, -0.2) is 14.4 Å². The molecule has 0 unspecified atom stereocenters. The van der Waals surface area contributed by atoms with Crippen LogP contribution in [0.3, 0.4) is 0 Å². The van der Waals surface area contributed by atoms with Gasteiger partial charge in [0.2, 0.25) is 11.9 Å². The molecule has 1 aliphatic rings. The highest BCUT2D eigenvalue weighted by atomic mass is 19.1. The van der Waals surface area contributed by atoms with Crippen molar-refractivity contribution in [2.75, 3.05) is 23.3 Å². The van der Waals surface area contributed by atoms with Crippen LogP contribution in [-0.2, 0) is 4.79 Å². The fourth-order valence-corrected chi connectivity index (χ4v) is 3.11. The molecule has 1 saturated heterocycles. The number of aryl methyl sites for hydroxylation is 3. The number of nitrogens with zero attached hydrogens (tertiary/aromatic N) is 3. The molecule has 1 N–H and O–H groups in total. The Morgan fingerprint density at radius 1 is 1.12 bits per heavy atom. The molecular weight excluding hydrogens is 319 g/mol. The molecule has 5 nitrogen and oxygen atoms in total. The number of hydrogen-bond donors (Lipinski definition) is 1. The van der Waals surface area contributed by atoms with Gasteiger partial charge in [-0.2, -0.15) is 0 Å². The highest BCUT2D eigenvalue weighted by Crippen LogP contribution is 2.23. The van der Waals surface area contributed by atoms with E-state index in [9.17, 15) is 9.18 Å². The molecule has 0 aliphatic carbocycles. The van der Waals surface area contributed by atoms with Crippen LogP contribution in [0.15, 0.2) is 24.3 Å². The topological polar surface area (TPSA) is 58.1 Å². The van der Waals surface area contributed by atoms with Gasteiger partial charge < -0.3 is 10.2 Å². The highest BCUT2D eigenvalue weighted by molar-refractivity contribution is 5.92. The van der Waals surface area contributed by atoms with Crippen molar-refractivity contribution >= 4 is 17.5 Å². The molecule has 2 aromatic rings. The zero-order valence-corrected chi connectivity index (χ0v) is 14.8. The van der Waals surface area contributed by atoms with Gasteiger partial charge in [0.1, 0.15) is 5.82 Å². The molecule has 1 aromatic carbocycles. The minimum Gasteiger partial charge on any atom is -0.341 e. The van der Waals surface area contributed by atoms with Crippen molar-refractivity contribution in [3.63, 3.8) is 0 Å². The first-order chi connectivity index (χ1) is 11.9. The van der Waals surface area contributed by atoms with Gasteiger partial charge in [0.15, 0.2) is 0 Å². The Balaban J connectivity index is 1.59. The second kappa shape index (κ2) is 7.17. The summed E-state index contributed by atoms with van der Waals surface area (Å²) < 4.78 is 13.6. The van der Waals surface area contributed by atoms with Crippen molar-refractivity contribution in [1.82, 2.24) is 9.97 Å². The first kappa shape index (κ1) is 17.3. The van der Waals surface area contributed by atoms with Gasteiger partial charge in [-0.15, -0.1) is 0 Å². The summed E-state index contributed by atoms with van der Waals surface area (Å²) in [4.78, 5) is 23.5. The Morgan fingerprint density at radius 3 is 2.36 bits per heavy atom. The van der Waals surface area contributed by atoms with Crippen LogP contribution in [0.2, 0.25) is 0 Å². The Kier molecular flexibility index (Phi) is 4.97. The lowest BCUT2D eigenvalue weighted by Crippen LogP contribution is -2.39. The van der Waals surface area contributed by atoms with E-state index in [1.54, 1.807) is 19.1 Å². The van der Waals surface area contributed by atoms with E-state index in [1.807, 2.05) is 19.9 Å². The number of hydrogen-bond acceptors (Lipinski definition) is 4. The Morgan fingerprint density at radius 2 is 1.76 bits per heavy atom. The third kappa shape index (κ3) is 4.13. The van der Waals surface area contributed by atoms with E-state index in [1.165, 1.54) is 6.07 Å². The maximum Gasteiger partial charge on any atom is 0.227 e. The second-order valence-electron chi connectivity index (χ2n) is 6.67. The molecule has 132 valence electrons. The van der Waals surface area contributed by atoms with Crippen LogP contribution in [0.5, 0.6) is 0 Å². The van der Waals surface area contributed by atoms with Crippen LogP contribution in [0, 0.1) is 32.5 Å². The van der Waals surface area contributed by atoms with Crippen LogP contribution in [0.4, 0.5) is 16.0 Å². The number of nitrogens with one attached hydrogen (secondary N) is 1. The summed E-state index contributed by atoms with van der Waals surface area (Å²) in [7, 11) is 0. The molecular formula is C19H23FN4O. The molecule has 0 atom stereocenters. The molecule has 0 saturated carbocycles. The number of carbonyl (C=O) groups excluding carboxylic acids is 1. The molecule has 0 radical (unpaired) electrons. The first-order valence-electron chi connectivity index (χ1n) is 8.56. The smallest absolute Gasteiger partial charge is 0.227 e. The fraction of sp³-hybridized carbons (Fsp3) is 0.421. The average Bonchev–Trinajstić information content (AvgIpc) is 2.57. The largest absolute Gasteiger partial charge is 0.341 e. The number of halogens is 1. The molecule has 1 aromatic heterocycles. The minimum atomic E-state index is -0.306. The summed E-state index contributed by atoms with van der Waals surface area (Å²) in [6.45, 7) is 7.09. The summed E-state index contributed by atoms with van der Waals surface area (Å²) >= 11 is 0. The van der Waals surface area contributed by atoms with E-state index < -0.39 is 0 Å². The van der Waals surface area contributed by atoms with Gasteiger partial charge in [-0.1, -0.05) is 6.07 Å². The second-order valence-corrected chi connectivity index (χ2v) is 6.67. The van der Waals surface area contributed by atoms with Crippen LogP contribution in [-0.4, -0.2) is 29.0 Å². The molecule has 2 heterocycles. The molecule has 0 spiro atoms. The van der Waals surface area contributed by atoms with E-state index in [0.29, 0.717) is 11.3 Å². The van der Waals surface area contributed by atoms with Crippen LogP contribution < -0.4 is 10.2 Å². The third-order valence-corrected chi connectivity index (χ3v) is 4.56. The quantitative estimate of drug-likeness (QED) is 0.929. The first-order valence-corrected chi connectivity index (χ1v) is 8.56. The SMILES string of the molecule is Cc1cc(C)nc(N2CCC(C(=O)Nc3ccc(C)c(F)c3)CC2)n1. The third-order valence-electron chi connectivity index (χ3n) is 4.56. The van der Waals surface area contributed by atoms with Gasteiger partial charge in [0.25, 0.3) is 0 Å². The molecule has 0 bridgehead atoms. The summed E-state index contributed by atoms with van der Waals surface area (Å²) in [6.07, 6.45) is 1.47. The van der Waals surface area contributed by atoms with Gasteiger partial charge in [-0.05, 0) is 57.4 Å². The summed E-state index contributed by atoms with van der Waals surface area (Å²) in [5.41, 5.74) is 2.97. The maximum absolute atomic E-state index is 13.6. The molecule has 6 heteroatoms. The molecule has 1 aliphatic heterocycles. The van der Waals surface area contributed by atoms with Crippen molar-refractivity contribution in [3.05, 3.63) is 47.0 Å². The van der Waals surface area contributed by atoms with Crippen molar-refractivity contribution in [2.24, 2.45) is 5.92 Å². The number of benzene rings is 1. The predicted octanol–water partition coefficient (Wildman–Crippen LogP) is 3.40. The summed E-state index contributed by atoms with van der Waals surface area (Å²) in [5.74, 6) is 0.298. The van der Waals surface area contributed by atoms with Crippen LogP contribution in [0.25, 0.3) is 0 Å². The van der Waals surface area contributed by atoms with Crippen molar-refractivity contribution in [2.45, 2.75) is 33.6 Å². The Hall–Kier alpha value is -2.50. The number of piperidine rings is 1. The van der Waals surface area contributed by atoms with Crippen LogP contribution in [0.1, 0.15) is 29.8 Å². The Bertz CT molecular complexity index is 765. The van der Waals surface area contributed by atoms with E-state index in [0.717, 1.165) is 43.3 Å². The average molecular weight is 342 g/mol. The van der Waals surface area contributed by atoms with Crippen molar-refractivity contribution in [1.29, 1.82) is 0 Å². The normalized spacial score (nSPS) is 15.3. The predicted molar refractivity (Wildman–Crippen MR) is 96.2 cm³/mol. The maximum atomic E-state index is 13.6. The van der Waals surface area contributed by atoms with Crippen molar-refractivity contribution in [3.8, 4) is 0 Å². The highest BCUT2D eigenvalue weighted by Gasteiger charge is 2.26. The summed E-state index contributed by atoms with van der Waals surface area (Å²) in [5, 5.41) is 2.82. The molecule has 3 rings (SSSR count). The van der Waals surface area contributed by atoms with Gasteiger partial charge in [0.05, 0.1) is 0 Å². The molecule has 1 amide bonds. The number of carbonyl (C=O) groups is 1. The zero-order chi connectivity index (χ0) is 18.0. The van der Waals surface area contributed by atoms with E-state index in [4.69, 9.17) is 0 Å². The zero-order valence-electron chi connectivity index (χ0n) is 14.8. The Labute approximate surface area is 147 Å². The fourth-order valence-electron chi connectivity index (χ4n) is 3.11. The standard InChI is InChI=1S/C19H23FN4O/c1-12-4-5-16(11-17(12)20)23-18(25)15-6-8-24(9-7-15)19-21-13(2)10-14(3)22-19/h4-5,10-11,15H,6-9H2,1-3H3,(H,23,25). The van der Waals surface area contributed by atoms with E-state index in [2.05, 4.69) is 20.2 Å². The summed E-state index contributed by atoms with van der Waals surface area (Å²) in [6, 6.07) is 6.72. The van der Waals surface area contributed by atoms with Gasteiger partial charge in [0, 0.05) is 36.1 Å². The number of anilines is 2. The van der Waals surface area contributed by atoms with E-state index in [-0.39, 0.29) is 17.6 Å². The monoisotopic (exact) mass is 342 g/mol. The molecule has 1 fully saturated rings. The van der Waals surface area contributed by atoms with Crippen molar-refractivity contribution < 1.29 is 9.18 Å². The van der Waals surface area contributed by atoms with E-state index >= 15 is 0 Å². The van der Waals surface area contributed by atoms with Gasteiger partial charge in [-0.3, -0.25) is 4.79 Å². The minimum absolute atomic E-state index is 0.0516. The lowest BCUT2D eigenvalue weighted by molar-refractivity contribution is -0.120. The lowest BCUT2D eigenvalue weighted by Gasteiger charge is -2.31. The number of rotatable bonds is 3. The number of aromatic nitrogens is 2. The lowest BCUT2D eigenvalue weighted by atomic mass is 9.96.